The summed E-state index contributed by atoms with van der Waals surface area (Å²) in [7, 11) is 3.32. The average molecular weight is 705 g/mol. The summed E-state index contributed by atoms with van der Waals surface area (Å²) in [5, 5.41) is 5.78. The molecule has 0 atom stereocenters. The highest BCUT2D eigenvalue weighted by Crippen LogP contribution is 2.37. The molecule has 5 aromatic rings. The molecule has 1 aliphatic rings. The molecule has 0 radical (unpaired) electrons. The summed E-state index contributed by atoms with van der Waals surface area (Å²) in [6.45, 7) is 13.4. The summed E-state index contributed by atoms with van der Waals surface area (Å²) in [6, 6.07) is 26.8. The first-order valence-electron chi connectivity index (χ1n) is 18.3. The number of aromatic nitrogens is 1. The van der Waals surface area contributed by atoms with Crippen LogP contribution in [0.3, 0.4) is 0 Å². The van der Waals surface area contributed by atoms with Crippen molar-refractivity contribution < 1.29 is 28.4 Å². The second kappa shape index (κ2) is 18.7. The first-order valence-corrected chi connectivity index (χ1v) is 18.3. The molecule has 0 amide bonds. The number of nitrogens with zero attached hydrogens (tertiary/aromatic N) is 1. The third kappa shape index (κ3) is 9.29. The fraction of sp³-hybridized carbons (Fsp3) is 0.341. The molecule has 0 fully saturated rings. The van der Waals surface area contributed by atoms with Gasteiger partial charge in [0, 0.05) is 35.3 Å². The van der Waals surface area contributed by atoms with Crippen molar-refractivity contribution in [2.24, 2.45) is 0 Å². The maximum atomic E-state index is 5.83. The van der Waals surface area contributed by atoms with Crippen molar-refractivity contribution in [2.45, 2.75) is 53.9 Å². The first-order chi connectivity index (χ1) is 25.4. The quantitative estimate of drug-likeness (QED) is 0.123. The Bertz CT molecular complexity index is 1960. The van der Waals surface area contributed by atoms with Crippen molar-refractivity contribution in [3.05, 3.63) is 113 Å². The van der Waals surface area contributed by atoms with Crippen LogP contribution in [0.5, 0.6) is 34.5 Å². The number of rotatable bonds is 14. The van der Waals surface area contributed by atoms with E-state index >= 15 is 0 Å². The van der Waals surface area contributed by atoms with Gasteiger partial charge in [-0.1, -0.05) is 43.3 Å². The minimum Gasteiger partial charge on any atom is -0.493 e. The van der Waals surface area contributed by atoms with E-state index in [0.717, 1.165) is 99.3 Å². The fourth-order valence-corrected chi connectivity index (χ4v) is 6.29. The van der Waals surface area contributed by atoms with Crippen LogP contribution < -0.4 is 33.7 Å². The van der Waals surface area contributed by atoms with Crippen LogP contribution in [-0.2, 0) is 19.3 Å². The molecule has 1 aliphatic heterocycles. The molecule has 0 bridgehead atoms. The van der Waals surface area contributed by atoms with E-state index in [2.05, 4.69) is 66.8 Å². The molecule has 4 aromatic carbocycles. The number of nitrogens with one attached hydrogen (secondary N) is 1. The first kappa shape index (κ1) is 37.9. The maximum Gasteiger partial charge on any atom is 0.161 e. The lowest BCUT2D eigenvalue weighted by atomic mass is 9.96. The monoisotopic (exact) mass is 704 g/mol. The number of methoxy groups -OCH3 is 2. The van der Waals surface area contributed by atoms with Crippen LogP contribution in [0.25, 0.3) is 22.5 Å². The summed E-state index contributed by atoms with van der Waals surface area (Å²) in [4.78, 5) is 4.85. The van der Waals surface area contributed by atoms with E-state index in [4.69, 9.17) is 33.4 Å². The van der Waals surface area contributed by atoms with E-state index in [1.54, 1.807) is 14.2 Å². The Balaban J connectivity index is 0.000000206. The zero-order chi connectivity index (χ0) is 36.9. The average Bonchev–Trinajstić information content (AvgIpc) is 3.16. The van der Waals surface area contributed by atoms with Crippen LogP contribution in [0.15, 0.2) is 78.9 Å². The Kier molecular flexibility index (Phi) is 13.7. The van der Waals surface area contributed by atoms with Gasteiger partial charge in [-0.25, -0.2) is 0 Å². The van der Waals surface area contributed by atoms with Gasteiger partial charge >= 0.3 is 0 Å². The van der Waals surface area contributed by atoms with Crippen molar-refractivity contribution >= 4 is 22.5 Å². The minimum absolute atomic E-state index is 0.596. The lowest BCUT2D eigenvalue weighted by Gasteiger charge is -2.24. The van der Waals surface area contributed by atoms with E-state index in [1.165, 1.54) is 11.1 Å². The lowest BCUT2D eigenvalue weighted by molar-refractivity contribution is 0.287. The van der Waals surface area contributed by atoms with E-state index < -0.39 is 0 Å². The molecule has 8 nitrogen and oxygen atoms in total. The molecule has 274 valence electrons. The number of benzene rings is 4. The van der Waals surface area contributed by atoms with Crippen LogP contribution in [-0.4, -0.2) is 52.2 Å². The molecule has 0 unspecified atom stereocenters. The third-order valence-electron chi connectivity index (χ3n) is 8.69. The van der Waals surface area contributed by atoms with Crippen molar-refractivity contribution in [1.82, 2.24) is 10.3 Å². The second-order valence-electron chi connectivity index (χ2n) is 12.1. The number of ether oxygens (including phenoxy) is 6. The Labute approximate surface area is 308 Å². The highest BCUT2D eigenvalue weighted by atomic mass is 16.5. The predicted octanol–water partition coefficient (Wildman–Crippen LogP) is 9.33. The maximum absolute atomic E-state index is 5.83. The highest BCUT2D eigenvalue weighted by molar-refractivity contribution is 5.89. The fourth-order valence-electron chi connectivity index (χ4n) is 6.29. The highest BCUT2D eigenvalue weighted by Gasteiger charge is 2.19. The number of pyridine rings is 1. The summed E-state index contributed by atoms with van der Waals surface area (Å²) >= 11 is 0. The summed E-state index contributed by atoms with van der Waals surface area (Å²) < 4.78 is 34.0. The molecular weight excluding hydrogens is 652 g/mol. The number of aryl methyl sites for hydroxylation is 1. The van der Waals surface area contributed by atoms with Gasteiger partial charge in [0.2, 0.25) is 0 Å². The Hall–Kier alpha value is -5.37. The van der Waals surface area contributed by atoms with Crippen molar-refractivity contribution in [3.63, 3.8) is 0 Å². The Morgan fingerprint density at radius 2 is 1.29 bits per heavy atom. The molecule has 8 heteroatoms. The molecule has 52 heavy (non-hydrogen) atoms. The van der Waals surface area contributed by atoms with Crippen LogP contribution in [0, 0.1) is 0 Å². The summed E-state index contributed by atoms with van der Waals surface area (Å²) in [6.07, 6.45) is 4.81. The van der Waals surface area contributed by atoms with Gasteiger partial charge in [-0.15, -0.1) is 0 Å². The van der Waals surface area contributed by atoms with Gasteiger partial charge in [-0.2, -0.15) is 0 Å². The van der Waals surface area contributed by atoms with Gasteiger partial charge in [0.15, 0.2) is 34.5 Å². The number of fused-ring (bicyclic) bond motifs is 2. The van der Waals surface area contributed by atoms with Crippen molar-refractivity contribution in [3.8, 4) is 34.5 Å². The molecule has 1 N–H and O–H groups in total. The topological polar surface area (TPSA) is 80.3 Å². The molecule has 6 rings (SSSR count). The standard InChI is InChI=1S/C24H31NO4.C20H21NO2/c1-5-26-21-10-9-17(14-22(21)27-6-2)13-20-19-16-24(29-8-4)23(28-7-3)15-18(19)11-12-25-20;1-4-16-11-15-12-19(22-2)20(23-3)13-17(15)18(21-16)10-14-8-6-5-7-9-14/h9-10,13-16,25H,5-8,11-12H2,1-4H3;5-9,11-13H,4,10H2,1-3H3/b20-13-;. The van der Waals surface area contributed by atoms with Gasteiger partial charge in [-0.05, 0) is 111 Å². The second-order valence-corrected chi connectivity index (χ2v) is 12.1. The van der Waals surface area contributed by atoms with Crippen molar-refractivity contribution in [1.29, 1.82) is 0 Å². The Morgan fingerprint density at radius 3 is 1.94 bits per heavy atom. The zero-order valence-electron chi connectivity index (χ0n) is 31.6. The molecule has 0 spiro atoms. The van der Waals surface area contributed by atoms with Gasteiger partial charge in [0.25, 0.3) is 0 Å². The van der Waals surface area contributed by atoms with Gasteiger partial charge in [-0.3, -0.25) is 4.98 Å². The molecule has 1 aromatic heterocycles. The van der Waals surface area contributed by atoms with Gasteiger partial charge < -0.3 is 33.7 Å². The van der Waals surface area contributed by atoms with Crippen molar-refractivity contribution in [2.75, 3.05) is 47.2 Å². The zero-order valence-corrected chi connectivity index (χ0v) is 31.6. The van der Waals surface area contributed by atoms with Crippen LogP contribution in [0.2, 0.25) is 0 Å². The Morgan fingerprint density at radius 1 is 0.654 bits per heavy atom. The minimum atomic E-state index is 0.596. The van der Waals surface area contributed by atoms with Crippen LogP contribution in [0.1, 0.15) is 68.3 Å². The van der Waals surface area contributed by atoms with Gasteiger partial charge in [0.1, 0.15) is 0 Å². The third-order valence-corrected chi connectivity index (χ3v) is 8.69. The lowest BCUT2D eigenvalue weighted by Crippen LogP contribution is -2.22. The molecule has 0 aliphatic carbocycles. The van der Waals surface area contributed by atoms with E-state index in [1.807, 2.05) is 58.0 Å². The molecule has 2 heterocycles. The molecular formula is C44H52N2O6. The van der Waals surface area contributed by atoms with E-state index in [-0.39, 0.29) is 0 Å². The molecule has 0 saturated carbocycles. The number of hydrogen-bond donors (Lipinski definition) is 1. The molecule has 0 saturated heterocycles. The number of hydrogen-bond acceptors (Lipinski definition) is 8. The SMILES string of the molecule is CCOc1ccc(/C=C2\NCCc3cc(OCC)c(OCC)cc32)cc1OCC.CCc1cc2cc(OC)c(OC)cc2c(Cc2ccccc2)n1. The van der Waals surface area contributed by atoms with Gasteiger partial charge in [0.05, 0.1) is 46.3 Å². The van der Waals surface area contributed by atoms with E-state index in [0.29, 0.717) is 26.4 Å². The van der Waals surface area contributed by atoms with Crippen LogP contribution >= 0.6 is 0 Å². The summed E-state index contributed by atoms with van der Waals surface area (Å²) in [5.41, 5.74) is 7.96. The normalized spacial score (nSPS) is 12.6. The predicted molar refractivity (Wildman–Crippen MR) is 211 cm³/mol. The summed E-state index contributed by atoms with van der Waals surface area (Å²) in [5.74, 6) is 4.62. The van der Waals surface area contributed by atoms with E-state index in [9.17, 15) is 0 Å². The van der Waals surface area contributed by atoms with Crippen LogP contribution in [0.4, 0.5) is 0 Å². The smallest absolute Gasteiger partial charge is 0.161 e. The largest absolute Gasteiger partial charge is 0.493 e.